The number of rotatable bonds is 6. The highest BCUT2D eigenvalue weighted by Crippen LogP contribution is 2.61. The molecule has 0 spiro atoms. The fourth-order valence-electron chi connectivity index (χ4n) is 3.83. The topological polar surface area (TPSA) is 53.9 Å². The van der Waals surface area contributed by atoms with Crippen LogP contribution in [0.3, 0.4) is 0 Å². The van der Waals surface area contributed by atoms with Crippen molar-refractivity contribution in [3.8, 4) is 0 Å². The average molecular weight is 321 g/mol. The summed E-state index contributed by atoms with van der Waals surface area (Å²) in [6.07, 6.45) is 7.47. The van der Waals surface area contributed by atoms with Crippen LogP contribution in [-0.2, 0) is 9.53 Å². The molecule has 23 heavy (non-hydrogen) atoms. The van der Waals surface area contributed by atoms with Crippen molar-refractivity contribution in [1.29, 1.82) is 0 Å². The van der Waals surface area contributed by atoms with Gasteiger partial charge in [0.15, 0.2) is 5.96 Å². The van der Waals surface area contributed by atoms with Crippen LogP contribution in [0.15, 0.2) is 4.99 Å². The molecule has 1 N–H and O–H groups in total. The molecule has 0 aromatic rings. The zero-order chi connectivity index (χ0) is 16.3. The number of nitrogens with one attached hydrogen (secondary N) is 1. The summed E-state index contributed by atoms with van der Waals surface area (Å²) in [6.45, 7) is 8.00. The third kappa shape index (κ3) is 3.99. The number of carbonyl (C=O) groups excluding carboxylic acids is 1. The van der Waals surface area contributed by atoms with E-state index in [0.717, 1.165) is 50.9 Å². The van der Waals surface area contributed by atoms with E-state index < -0.39 is 0 Å². The minimum absolute atomic E-state index is 0.00845. The summed E-state index contributed by atoms with van der Waals surface area (Å²) < 4.78 is 5.21. The minimum atomic E-state index is -0.0512. The number of hydrogen-bond donors (Lipinski definition) is 1. The molecule has 5 heteroatoms. The Bertz CT molecular complexity index is 455. The summed E-state index contributed by atoms with van der Waals surface area (Å²) >= 11 is 0. The molecule has 3 aliphatic rings. The van der Waals surface area contributed by atoms with Crippen LogP contribution in [-0.4, -0.2) is 49.6 Å². The van der Waals surface area contributed by atoms with Gasteiger partial charge in [0.1, 0.15) is 0 Å². The Labute approximate surface area is 139 Å². The van der Waals surface area contributed by atoms with Gasteiger partial charge in [0.2, 0.25) is 0 Å². The van der Waals surface area contributed by atoms with Crippen LogP contribution in [0.1, 0.15) is 52.4 Å². The molecular formula is C18H31N3O2. The molecule has 2 aliphatic carbocycles. The highest BCUT2D eigenvalue weighted by atomic mass is 16.5. The first-order chi connectivity index (χ1) is 11.2. The smallest absolute Gasteiger partial charge is 0.310 e. The van der Waals surface area contributed by atoms with E-state index >= 15 is 0 Å². The molecular weight excluding hydrogens is 290 g/mol. The van der Waals surface area contributed by atoms with Crippen LogP contribution < -0.4 is 5.32 Å². The highest BCUT2D eigenvalue weighted by Gasteiger charge is 2.53. The summed E-state index contributed by atoms with van der Waals surface area (Å²) in [7, 11) is 0. The average Bonchev–Trinajstić information content (AvgIpc) is 3.45. The molecule has 3 fully saturated rings. The van der Waals surface area contributed by atoms with Crippen LogP contribution in [0.2, 0.25) is 0 Å². The van der Waals surface area contributed by atoms with E-state index in [9.17, 15) is 4.79 Å². The van der Waals surface area contributed by atoms with Crippen molar-refractivity contribution < 1.29 is 9.53 Å². The van der Waals surface area contributed by atoms with Crippen molar-refractivity contribution in [1.82, 2.24) is 10.2 Å². The van der Waals surface area contributed by atoms with Crippen molar-refractivity contribution in [2.75, 3.05) is 32.8 Å². The molecule has 1 heterocycles. The van der Waals surface area contributed by atoms with Gasteiger partial charge in [0.05, 0.1) is 12.5 Å². The standard InChI is InChI=1S/C18H31N3O2/c1-3-19-17(20-13-18(9-10-18)15-7-8-15)21-11-5-6-14(12-21)16(22)23-4-2/h14-15H,3-13H2,1-2H3,(H,19,20). The van der Waals surface area contributed by atoms with E-state index in [1.165, 1.54) is 25.7 Å². The van der Waals surface area contributed by atoms with E-state index in [4.69, 9.17) is 9.73 Å². The zero-order valence-corrected chi connectivity index (χ0v) is 14.6. The van der Waals surface area contributed by atoms with Crippen molar-refractivity contribution in [2.45, 2.75) is 52.4 Å². The van der Waals surface area contributed by atoms with Gasteiger partial charge in [-0.15, -0.1) is 0 Å². The lowest BCUT2D eigenvalue weighted by Gasteiger charge is -2.34. The van der Waals surface area contributed by atoms with Crippen LogP contribution in [0.4, 0.5) is 0 Å². The van der Waals surface area contributed by atoms with E-state index in [2.05, 4.69) is 17.1 Å². The van der Waals surface area contributed by atoms with Crippen molar-refractivity contribution in [2.24, 2.45) is 22.2 Å². The number of hydrogen-bond acceptors (Lipinski definition) is 3. The van der Waals surface area contributed by atoms with Gasteiger partial charge < -0.3 is 15.0 Å². The van der Waals surface area contributed by atoms with Crippen LogP contribution in [0.25, 0.3) is 0 Å². The quantitative estimate of drug-likeness (QED) is 0.464. The van der Waals surface area contributed by atoms with Crippen LogP contribution in [0.5, 0.6) is 0 Å². The molecule has 1 atom stereocenters. The first-order valence-electron chi connectivity index (χ1n) is 9.38. The SMILES string of the molecule is CCNC(=NCC1(C2CC2)CC1)N1CCCC(C(=O)OCC)C1. The van der Waals surface area contributed by atoms with Gasteiger partial charge in [0.25, 0.3) is 0 Å². The lowest BCUT2D eigenvalue weighted by molar-refractivity contribution is -0.149. The molecule has 0 radical (unpaired) electrons. The minimum Gasteiger partial charge on any atom is -0.466 e. The molecule has 1 saturated heterocycles. The Morgan fingerprint density at radius 1 is 1.30 bits per heavy atom. The maximum Gasteiger partial charge on any atom is 0.310 e. The number of piperidine rings is 1. The molecule has 0 aromatic carbocycles. The molecule has 130 valence electrons. The second-order valence-electron chi connectivity index (χ2n) is 7.34. The van der Waals surface area contributed by atoms with Crippen molar-refractivity contribution >= 4 is 11.9 Å². The summed E-state index contributed by atoms with van der Waals surface area (Å²) in [6, 6.07) is 0. The van der Waals surface area contributed by atoms with E-state index in [1.807, 2.05) is 6.92 Å². The summed E-state index contributed by atoms with van der Waals surface area (Å²) in [4.78, 5) is 19.3. The summed E-state index contributed by atoms with van der Waals surface area (Å²) in [5, 5.41) is 3.43. The van der Waals surface area contributed by atoms with Crippen LogP contribution in [0, 0.1) is 17.3 Å². The molecule has 1 aliphatic heterocycles. The molecule has 5 nitrogen and oxygen atoms in total. The first-order valence-corrected chi connectivity index (χ1v) is 9.38. The number of carbonyl (C=O) groups is 1. The zero-order valence-electron chi connectivity index (χ0n) is 14.6. The molecule has 0 aromatic heterocycles. The van der Waals surface area contributed by atoms with Gasteiger partial charge in [-0.1, -0.05) is 0 Å². The largest absolute Gasteiger partial charge is 0.466 e. The predicted molar refractivity (Wildman–Crippen MR) is 91.3 cm³/mol. The monoisotopic (exact) mass is 321 g/mol. The van der Waals surface area contributed by atoms with Gasteiger partial charge in [-0.2, -0.15) is 0 Å². The molecule has 1 unspecified atom stereocenters. The normalized spacial score (nSPS) is 26.8. The van der Waals surface area contributed by atoms with Gasteiger partial charge in [-0.05, 0) is 63.7 Å². The predicted octanol–water partition coefficient (Wildman–Crippen LogP) is 2.42. The van der Waals surface area contributed by atoms with E-state index in [1.54, 1.807) is 0 Å². The maximum atomic E-state index is 12.0. The first kappa shape index (κ1) is 16.6. The van der Waals surface area contributed by atoms with Gasteiger partial charge >= 0.3 is 5.97 Å². The third-order valence-electron chi connectivity index (χ3n) is 5.56. The van der Waals surface area contributed by atoms with Crippen molar-refractivity contribution in [3.05, 3.63) is 0 Å². The number of esters is 1. The van der Waals surface area contributed by atoms with Crippen molar-refractivity contribution in [3.63, 3.8) is 0 Å². The fourth-order valence-corrected chi connectivity index (χ4v) is 3.83. The Balaban J connectivity index is 1.61. The number of aliphatic imine (C=N–C) groups is 1. The summed E-state index contributed by atoms with van der Waals surface area (Å²) in [5.74, 6) is 1.87. The molecule has 0 amide bonds. The second kappa shape index (κ2) is 7.10. The Kier molecular flexibility index (Phi) is 5.12. The number of ether oxygens (including phenoxy) is 1. The summed E-state index contributed by atoms with van der Waals surface area (Å²) in [5.41, 5.74) is 0.525. The lowest BCUT2D eigenvalue weighted by Crippen LogP contribution is -2.48. The van der Waals surface area contributed by atoms with Gasteiger partial charge in [-0.3, -0.25) is 9.79 Å². The Morgan fingerprint density at radius 2 is 2.09 bits per heavy atom. The highest BCUT2D eigenvalue weighted by molar-refractivity contribution is 5.81. The van der Waals surface area contributed by atoms with Crippen LogP contribution >= 0.6 is 0 Å². The third-order valence-corrected chi connectivity index (χ3v) is 5.56. The molecule has 0 bridgehead atoms. The number of nitrogens with zero attached hydrogens (tertiary/aromatic N) is 2. The molecule has 2 saturated carbocycles. The number of likely N-dealkylation sites (tertiary alicyclic amines) is 1. The Morgan fingerprint density at radius 3 is 2.70 bits per heavy atom. The van der Waals surface area contributed by atoms with E-state index in [-0.39, 0.29) is 11.9 Å². The molecule has 3 rings (SSSR count). The van der Waals surface area contributed by atoms with Gasteiger partial charge in [0, 0.05) is 26.2 Å². The fraction of sp³-hybridized carbons (Fsp3) is 0.889. The number of guanidine groups is 1. The maximum absolute atomic E-state index is 12.0. The second-order valence-corrected chi connectivity index (χ2v) is 7.34. The van der Waals surface area contributed by atoms with Gasteiger partial charge in [-0.25, -0.2) is 0 Å². The lowest BCUT2D eigenvalue weighted by atomic mass is 9.98. The van der Waals surface area contributed by atoms with E-state index in [0.29, 0.717) is 12.0 Å². The Hall–Kier alpha value is -1.26.